The first-order valence-corrected chi connectivity index (χ1v) is 6.06. The van der Waals surface area contributed by atoms with Gasteiger partial charge < -0.3 is 4.74 Å². The van der Waals surface area contributed by atoms with E-state index in [0.717, 1.165) is 25.3 Å². The van der Waals surface area contributed by atoms with Crippen molar-refractivity contribution in [3.63, 3.8) is 0 Å². The van der Waals surface area contributed by atoms with E-state index in [9.17, 15) is 8.78 Å². The summed E-state index contributed by atoms with van der Waals surface area (Å²) in [6.07, 6.45) is 3.64. The average Bonchev–Trinajstić information content (AvgIpc) is 2.27. The summed E-state index contributed by atoms with van der Waals surface area (Å²) in [6, 6.07) is 3.15. The third kappa shape index (κ3) is 2.68. The molecule has 0 radical (unpaired) electrons. The summed E-state index contributed by atoms with van der Waals surface area (Å²) in [5.41, 5.74) is 2.92. The van der Waals surface area contributed by atoms with Gasteiger partial charge in [0.15, 0.2) is 0 Å². The molecule has 0 aromatic heterocycles. The Balaban J connectivity index is 2.17. The van der Waals surface area contributed by atoms with Crippen molar-refractivity contribution in [1.82, 2.24) is 5.43 Å². The lowest BCUT2D eigenvalue weighted by Gasteiger charge is -2.42. The molecule has 1 saturated carbocycles. The maximum Gasteiger partial charge on any atom is 0.126 e. The first-order valence-electron chi connectivity index (χ1n) is 6.06. The summed E-state index contributed by atoms with van der Waals surface area (Å²) in [4.78, 5) is 0. The SMILES string of the molecule is COC1(CC(NN)c2cc(F)cc(F)c2)CCC1. The van der Waals surface area contributed by atoms with Gasteiger partial charge in [0.2, 0.25) is 0 Å². The molecule has 0 aliphatic heterocycles. The van der Waals surface area contributed by atoms with E-state index in [0.29, 0.717) is 12.0 Å². The monoisotopic (exact) mass is 256 g/mol. The largest absolute Gasteiger partial charge is 0.378 e. The molecule has 0 heterocycles. The van der Waals surface area contributed by atoms with E-state index in [2.05, 4.69) is 5.43 Å². The van der Waals surface area contributed by atoms with Gasteiger partial charge in [0, 0.05) is 19.2 Å². The maximum atomic E-state index is 13.2. The van der Waals surface area contributed by atoms with Crippen LogP contribution in [0.2, 0.25) is 0 Å². The Morgan fingerprint density at radius 1 is 1.33 bits per heavy atom. The Hall–Kier alpha value is -1.04. The standard InChI is InChI=1S/C13H18F2N2O/c1-18-13(3-2-4-13)8-12(17-16)9-5-10(14)7-11(15)6-9/h5-7,12,17H,2-4,8,16H2,1H3. The fourth-order valence-electron chi connectivity index (χ4n) is 2.48. The maximum absolute atomic E-state index is 13.2. The molecule has 1 unspecified atom stereocenters. The van der Waals surface area contributed by atoms with Gasteiger partial charge >= 0.3 is 0 Å². The summed E-state index contributed by atoms with van der Waals surface area (Å²) in [5.74, 6) is 4.31. The van der Waals surface area contributed by atoms with Crippen LogP contribution in [0.25, 0.3) is 0 Å². The molecule has 1 aliphatic rings. The minimum atomic E-state index is -0.592. The second-order valence-electron chi connectivity index (χ2n) is 4.87. The van der Waals surface area contributed by atoms with Gasteiger partial charge in [0.1, 0.15) is 11.6 Å². The van der Waals surface area contributed by atoms with E-state index >= 15 is 0 Å². The van der Waals surface area contributed by atoms with Crippen LogP contribution in [0.15, 0.2) is 18.2 Å². The molecule has 18 heavy (non-hydrogen) atoms. The quantitative estimate of drug-likeness (QED) is 0.628. The number of benzene rings is 1. The fourth-order valence-corrected chi connectivity index (χ4v) is 2.48. The molecule has 0 spiro atoms. The highest BCUT2D eigenvalue weighted by Gasteiger charge is 2.39. The van der Waals surface area contributed by atoms with Crippen LogP contribution >= 0.6 is 0 Å². The van der Waals surface area contributed by atoms with E-state index in [4.69, 9.17) is 10.6 Å². The van der Waals surface area contributed by atoms with Crippen LogP contribution in [0.1, 0.15) is 37.3 Å². The van der Waals surface area contributed by atoms with Crippen molar-refractivity contribution in [3.8, 4) is 0 Å². The van der Waals surface area contributed by atoms with Gasteiger partial charge in [-0.3, -0.25) is 11.3 Å². The lowest BCUT2D eigenvalue weighted by Crippen LogP contribution is -2.44. The van der Waals surface area contributed by atoms with Crippen molar-refractivity contribution >= 4 is 0 Å². The number of ether oxygens (including phenoxy) is 1. The predicted octanol–water partition coefficient (Wildman–Crippen LogP) is 2.43. The Labute approximate surface area is 105 Å². The van der Waals surface area contributed by atoms with E-state index in [1.165, 1.54) is 12.1 Å². The molecule has 100 valence electrons. The van der Waals surface area contributed by atoms with Gasteiger partial charge in [-0.05, 0) is 43.4 Å². The number of hydrazine groups is 1. The molecular formula is C13H18F2N2O. The van der Waals surface area contributed by atoms with Crippen LogP contribution in [0.3, 0.4) is 0 Å². The average molecular weight is 256 g/mol. The zero-order chi connectivity index (χ0) is 13.2. The summed E-state index contributed by atoms with van der Waals surface area (Å²) >= 11 is 0. The van der Waals surface area contributed by atoms with Crippen LogP contribution in [0.4, 0.5) is 8.78 Å². The number of hydrogen-bond acceptors (Lipinski definition) is 3. The van der Waals surface area contributed by atoms with Gasteiger partial charge in [-0.25, -0.2) is 8.78 Å². The van der Waals surface area contributed by atoms with Crippen LogP contribution in [-0.2, 0) is 4.74 Å². The predicted molar refractivity (Wildman–Crippen MR) is 64.6 cm³/mol. The van der Waals surface area contributed by atoms with E-state index in [1.807, 2.05) is 0 Å². The first kappa shape index (κ1) is 13.4. The fraction of sp³-hybridized carbons (Fsp3) is 0.538. The Morgan fingerprint density at radius 2 is 1.94 bits per heavy atom. The molecule has 1 atom stereocenters. The summed E-state index contributed by atoms with van der Waals surface area (Å²) < 4.78 is 31.9. The summed E-state index contributed by atoms with van der Waals surface area (Å²) in [7, 11) is 1.67. The van der Waals surface area contributed by atoms with Gasteiger partial charge in [0.25, 0.3) is 0 Å². The molecule has 1 fully saturated rings. The highest BCUT2D eigenvalue weighted by molar-refractivity contribution is 5.22. The molecular weight excluding hydrogens is 238 g/mol. The minimum absolute atomic E-state index is 0.209. The minimum Gasteiger partial charge on any atom is -0.378 e. The van der Waals surface area contributed by atoms with Crippen molar-refractivity contribution < 1.29 is 13.5 Å². The lowest BCUT2D eigenvalue weighted by molar-refractivity contribution is -0.0838. The van der Waals surface area contributed by atoms with Crippen LogP contribution in [-0.4, -0.2) is 12.7 Å². The number of nitrogens with one attached hydrogen (secondary N) is 1. The topological polar surface area (TPSA) is 47.3 Å². The number of nitrogens with two attached hydrogens (primary N) is 1. The summed E-state index contributed by atoms with van der Waals surface area (Å²) in [6.45, 7) is 0. The summed E-state index contributed by atoms with van der Waals surface area (Å²) in [5, 5.41) is 0. The van der Waals surface area contributed by atoms with Crippen LogP contribution in [0.5, 0.6) is 0 Å². The van der Waals surface area contributed by atoms with Crippen molar-refractivity contribution in [3.05, 3.63) is 35.4 Å². The zero-order valence-corrected chi connectivity index (χ0v) is 10.4. The van der Waals surface area contributed by atoms with Gasteiger partial charge in [-0.15, -0.1) is 0 Å². The molecule has 3 nitrogen and oxygen atoms in total. The second-order valence-corrected chi connectivity index (χ2v) is 4.87. The third-order valence-electron chi connectivity index (χ3n) is 3.76. The second kappa shape index (κ2) is 5.30. The van der Waals surface area contributed by atoms with Gasteiger partial charge in [-0.1, -0.05) is 0 Å². The molecule has 0 saturated heterocycles. The van der Waals surface area contributed by atoms with Gasteiger partial charge in [-0.2, -0.15) is 0 Å². The van der Waals surface area contributed by atoms with E-state index in [-0.39, 0.29) is 11.6 Å². The lowest BCUT2D eigenvalue weighted by atomic mass is 9.75. The number of methoxy groups -OCH3 is 1. The molecule has 1 aromatic rings. The zero-order valence-electron chi connectivity index (χ0n) is 10.4. The molecule has 0 amide bonds. The molecule has 1 aliphatic carbocycles. The van der Waals surface area contributed by atoms with Crippen molar-refractivity contribution in [2.75, 3.05) is 7.11 Å². The number of rotatable bonds is 5. The Bertz CT molecular complexity index is 396. The number of hydrogen-bond donors (Lipinski definition) is 2. The van der Waals surface area contributed by atoms with Crippen molar-refractivity contribution in [2.45, 2.75) is 37.3 Å². The molecule has 3 N–H and O–H groups in total. The number of halogens is 2. The van der Waals surface area contributed by atoms with Crippen molar-refractivity contribution in [1.29, 1.82) is 0 Å². The van der Waals surface area contributed by atoms with Crippen LogP contribution < -0.4 is 11.3 Å². The van der Waals surface area contributed by atoms with Crippen molar-refractivity contribution in [2.24, 2.45) is 5.84 Å². The van der Waals surface area contributed by atoms with E-state index in [1.54, 1.807) is 7.11 Å². The molecule has 1 aromatic carbocycles. The Kier molecular flexibility index (Phi) is 3.94. The van der Waals surface area contributed by atoms with Gasteiger partial charge in [0.05, 0.1) is 5.60 Å². The third-order valence-corrected chi connectivity index (χ3v) is 3.76. The Morgan fingerprint density at radius 3 is 2.33 bits per heavy atom. The molecule has 5 heteroatoms. The normalized spacial score (nSPS) is 19.3. The molecule has 0 bridgehead atoms. The first-order chi connectivity index (χ1) is 8.58. The molecule has 2 rings (SSSR count). The van der Waals surface area contributed by atoms with E-state index < -0.39 is 11.6 Å². The smallest absolute Gasteiger partial charge is 0.126 e. The van der Waals surface area contributed by atoms with Crippen LogP contribution in [0, 0.1) is 11.6 Å². The highest BCUT2D eigenvalue weighted by Crippen LogP contribution is 2.41. The highest BCUT2D eigenvalue weighted by atomic mass is 19.1.